The molecule has 3 N–H and O–H groups in total. The van der Waals surface area contributed by atoms with Gasteiger partial charge in [0.1, 0.15) is 0 Å². The molecule has 2 unspecified atom stereocenters. The first-order valence-electron chi connectivity index (χ1n) is 7.26. The van der Waals surface area contributed by atoms with Crippen LogP contribution < -0.4 is 11.3 Å². The van der Waals surface area contributed by atoms with Crippen LogP contribution in [0.3, 0.4) is 0 Å². The zero-order chi connectivity index (χ0) is 13.8. The van der Waals surface area contributed by atoms with Crippen molar-refractivity contribution in [2.45, 2.75) is 58.6 Å². The summed E-state index contributed by atoms with van der Waals surface area (Å²) in [4.78, 5) is 0. The first-order valence-corrected chi connectivity index (χ1v) is 7.26. The molecule has 1 saturated heterocycles. The zero-order valence-electron chi connectivity index (χ0n) is 12.3. The first-order chi connectivity index (χ1) is 9.11. The Morgan fingerprint density at radius 1 is 1.26 bits per heavy atom. The molecule has 0 spiro atoms. The molecule has 2 atom stereocenters. The molecule has 3 heteroatoms. The molecule has 1 aromatic carbocycles. The number of rotatable bonds is 4. The van der Waals surface area contributed by atoms with E-state index in [1.165, 1.54) is 35.1 Å². The van der Waals surface area contributed by atoms with Crippen LogP contribution in [0.2, 0.25) is 0 Å². The predicted octanol–water partition coefficient (Wildman–Crippen LogP) is 2.56. The summed E-state index contributed by atoms with van der Waals surface area (Å²) >= 11 is 0. The van der Waals surface area contributed by atoms with Crippen LogP contribution in [0.4, 0.5) is 0 Å². The van der Waals surface area contributed by atoms with Gasteiger partial charge in [-0.15, -0.1) is 0 Å². The second kappa shape index (κ2) is 6.51. The van der Waals surface area contributed by atoms with Crippen LogP contribution in [0, 0.1) is 20.8 Å². The van der Waals surface area contributed by atoms with Gasteiger partial charge < -0.3 is 4.74 Å². The molecule has 0 amide bonds. The lowest BCUT2D eigenvalue weighted by molar-refractivity contribution is -0.00749. The lowest BCUT2D eigenvalue weighted by atomic mass is 9.91. The minimum atomic E-state index is 0.209. The first kappa shape index (κ1) is 14.5. The summed E-state index contributed by atoms with van der Waals surface area (Å²) in [6.45, 7) is 7.39. The van der Waals surface area contributed by atoms with Gasteiger partial charge in [0.15, 0.2) is 0 Å². The van der Waals surface area contributed by atoms with Crippen molar-refractivity contribution < 1.29 is 4.74 Å². The number of aryl methyl sites for hydroxylation is 3. The Labute approximate surface area is 116 Å². The highest BCUT2D eigenvalue weighted by Crippen LogP contribution is 2.22. The fraction of sp³-hybridized carbons (Fsp3) is 0.625. The number of hydrogen-bond donors (Lipinski definition) is 2. The van der Waals surface area contributed by atoms with Crippen LogP contribution in [0.1, 0.15) is 41.5 Å². The maximum absolute atomic E-state index is 5.86. The van der Waals surface area contributed by atoms with Crippen LogP contribution in [-0.2, 0) is 11.2 Å². The van der Waals surface area contributed by atoms with E-state index in [4.69, 9.17) is 10.6 Å². The van der Waals surface area contributed by atoms with Crippen molar-refractivity contribution in [1.29, 1.82) is 0 Å². The molecule has 0 radical (unpaired) electrons. The largest absolute Gasteiger partial charge is 0.377 e. The standard InChI is InChI=1S/C16H26N2O/c1-11-8-12(2)14(13(3)9-11)10-15(18-17)16-6-4-5-7-19-16/h8-9,15-16,18H,4-7,10,17H2,1-3H3. The lowest BCUT2D eigenvalue weighted by Crippen LogP contribution is -2.47. The van der Waals surface area contributed by atoms with E-state index in [0.717, 1.165) is 19.4 Å². The molecule has 1 aliphatic heterocycles. The second-order valence-electron chi connectivity index (χ2n) is 5.76. The van der Waals surface area contributed by atoms with Gasteiger partial charge in [0.2, 0.25) is 0 Å². The van der Waals surface area contributed by atoms with Crippen LogP contribution in [-0.4, -0.2) is 18.8 Å². The average Bonchev–Trinajstić information content (AvgIpc) is 2.39. The number of benzene rings is 1. The Morgan fingerprint density at radius 2 is 1.95 bits per heavy atom. The maximum atomic E-state index is 5.86. The van der Waals surface area contributed by atoms with Gasteiger partial charge in [-0.1, -0.05) is 17.7 Å². The normalized spacial score (nSPS) is 21.4. The van der Waals surface area contributed by atoms with E-state index in [0.29, 0.717) is 0 Å². The van der Waals surface area contributed by atoms with Crippen LogP contribution >= 0.6 is 0 Å². The lowest BCUT2D eigenvalue weighted by Gasteiger charge is -2.31. The molecule has 1 heterocycles. The summed E-state index contributed by atoms with van der Waals surface area (Å²) < 4.78 is 5.86. The van der Waals surface area contributed by atoms with Gasteiger partial charge in [0.25, 0.3) is 0 Å². The molecule has 0 aliphatic carbocycles. The molecule has 0 saturated carbocycles. The molecule has 0 aromatic heterocycles. The van der Waals surface area contributed by atoms with Crippen molar-refractivity contribution >= 4 is 0 Å². The van der Waals surface area contributed by atoms with Crippen molar-refractivity contribution in [3.63, 3.8) is 0 Å². The Bertz CT molecular complexity index is 402. The van der Waals surface area contributed by atoms with Crippen LogP contribution in [0.5, 0.6) is 0 Å². The Kier molecular flexibility index (Phi) is 4.97. The van der Waals surface area contributed by atoms with E-state index in [2.05, 4.69) is 38.3 Å². The molecule has 1 aromatic rings. The van der Waals surface area contributed by atoms with Crippen molar-refractivity contribution in [3.8, 4) is 0 Å². The van der Waals surface area contributed by atoms with E-state index in [-0.39, 0.29) is 12.1 Å². The van der Waals surface area contributed by atoms with Gasteiger partial charge in [0.05, 0.1) is 12.1 Å². The SMILES string of the molecule is Cc1cc(C)c(CC(NN)C2CCCCO2)c(C)c1. The third-order valence-electron chi connectivity index (χ3n) is 4.14. The molecule has 106 valence electrons. The molecular weight excluding hydrogens is 236 g/mol. The van der Waals surface area contributed by atoms with E-state index >= 15 is 0 Å². The number of hydrogen-bond acceptors (Lipinski definition) is 3. The van der Waals surface area contributed by atoms with Gasteiger partial charge >= 0.3 is 0 Å². The van der Waals surface area contributed by atoms with E-state index in [1.807, 2.05) is 0 Å². The average molecular weight is 262 g/mol. The quantitative estimate of drug-likeness (QED) is 0.647. The van der Waals surface area contributed by atoms with Crippen molar-refractivity contribution in [3.05, 3.63) is 34.4 Å². The molecule has 19 heavy (non-hydrogen) atoms. The van der Waals surface area contributed by atoms with Crippen LogP contribution in [0.15, 0.2) is 12.1 Å². The fourth-order valence-corrected chi connectivity index (χ4v) is 3.13. The summed E-state index contributed by atoms with van der Waals surface area (Å²) in [6.07, 6.45) is 4.72. The highest BCUT2D eigenvalue weighted by atomic mass is 16.5. The topological polar surface area (TPSA) is 47.3 Å². The Morgan fingerprint density at radius 3 is 2.47 bits per heavy atom. The van der Waals surface area contributed by atoms with E-state index in [1.54, 1.807) is 0 Å². The highest BCUT2D eigenvalue weighted by Gasteiger charge is 2.24. The Hall–Kier alpha value is -0.900. The summed E-state index contributed by atoms with van der Waals surface area (Å²) in [5.41, 5.74) is 8.40. The fourth-order valence-electron chi connectivity index (χ4n) is 3.13. The van der Waals surface area contributed by atoms with E-state index in [9.17, 15) is 0 Å². The number of hydrazine groups is 1. The highest BCUT2D eigenvalue weighted by molar-refractivity contribution is 5.38. The predicted molar refractivity (Wildman–Crippen MR) is 79.1 cm³/mol. The van der Waals surface area contributed by atoms with Crippen molar-refractivity contribution in [2.24, 2.45) is 5.84 Å². The summed E-state index contributed by atoms with van der Waals surface area (Å²) in [5.74, 6) is 5.75. The minimum absolute atomic E-state index is 0.209. The molecule has 3 nitrogen and oxygen atoms in total. The van der Waals surface area contributed by atoms with Crippen molar-refractivity contribution in [1.82, 2.24) is 5.43 Å². The summed E-state index contributed by atoms with van der Waals surface area (Å²) in [7, 11) is 0. The van der Waals surface area contributed by atoms with Gasteiger partial charge in [-0.2, -0.15) is 0 Å². The van der Waals surface area contributed by atoms with Gasteiger partial charge in [-0.25, -0.2) is 0 Å². The zero-order valence-corrected chi connectivity index (χ0v) is 12.3. The van der Waals surface area contributed by atoms with E-state index < -0.39 is 0 Å². The number of ether oxygens (including phenoxy) is 1. The summed E-state index contributed by atoms with van der Waals surface area (Å²) in [6, 6.07) is 4.70. The summed E-state index contributed by atoms with van der Waals surface area (Å²) in [5, 5.41) is 0. The molecule has 1 fully saturated rings. The van der Waals surface area contributed by atoms with Gasteiger partial charge in [0, 0.05) is 6.61 Å². The van der Waals surface area contributed by atoms with Gasteiger partial charge in [-0.3, -0.25) is 11.3 Å². The molecule has 2 rings (SSSR count). The smallest absolute Gasteiger partial charge is 0.0744 e. The maximum Gasteiger partial charge on any atom is 0.0744 e. The van der Waals surface area contributed by atoms with Crippen molar-refractivity contribution in [2.75, 3.05) is 6.61 Å². The molecular formula is C16H26N2O. The minimum Gasteiger partial charge on any atom is -0.377 e. The third kappa shape index (κ3) is 3.56. The monoisotopic (exact) mass is 262 g/mol. The second-order valence-corrected chi connectivity index (χ2v) is 5.76. The number of nitrogens with two attached hydrogens (primary N) is 1. The molecule has 0 bridgehead atoms. The molecule has 1 aliphatic rings. The Balaban J connectivity index is 2.13. The number of nitrogens with one attached hydrogen (secondary N) is 1. The van der Waals surface area contributed by atoms with Crippen LogP contribution in [0.25, 0.3) is 0 Å². The third-order valence-corrected chi connectivity index (χ3v) is 4.14. The van der Waals surface area contributed by atoms with Gasteiger partial charge in [-0.05, 0) is 63.1 Å².